The van der Waals surface area contributed by atoms with E-state index in [1.165, 1.54) is 0 Å². The molecule has 1 amide bonds. The lowest BCUT2D eigenvalue weighted by Gasteiger charge is -2.23. The molecule has 226 valence electrons. The zero-order valence-corrected chi connectivity index (χ0v) is 25.8. The first kappa shape index (κ1) is 31.8. The summed E-state index contributed by atoms with van der Waals surface area (Å²) in [6.45, 7) is 6.85. The Morgan fingerprint density at radius 3 is 2.02 bits per heavy atom. The fourth-order valence-corrected chi connectivity index (χ4v) is 6.18. The number of nitrogens with one attached hydrogen (secondary N) is 3. The third-order valence-corrected chi connectivity index (χ3v) is 8.99. The van der Waals surface area contributed by atoms with Crippen LogP contribution >= 0.6 is 0 Å². The first-order valence-corrected chi connectivity index (χ1v) is 15.4. The van der Waals surface area contributed by atoms with E-state index in [0.29, 0.717) is 17.9 Å². The molecule has 10 heteroatoms. The molecule has 1 saturated heterocycles. The summed E-state index contributed by atoms with van der Waals surface area (Å²) in [7, 11) is 1.32. The molecule has 42 heavy (non-hydrogen) atoms. The van der Waals surface area contributed by atoms with E-state index in [1.807, 2.05) is 36.4 Å². The quantitative estimate of drug-likeness (QED) is 0.301. The van der Waals surface area contributed by atoms with Gasteiger partial charge in [0.1, 0.15) is 12.2 Å². The molecule has 3 aromatic carbocycles. The maximum atomic E-state index is 12.9. The molecule has 1 heterocycles. The molecule has 3 aromatic rings. The van der Waals surface area contributed by atoms with Gasteiger partial charge < -0.3 is 24.8 Å². The molecule has 3 N–H and O–H groups in total. The van der Waals surface area contributed by atoms with E-state index in [-0.39, 0.29) is 47.1 Å². The van der Waals surface area contributed by atoms with Crippen LogP contribution in [0.15, 0.2) is 77.7 Å². The monoisotopic (exact) mass is 595 g/mol. The van der Waals surface area contributed by atoms with Crippen molar-refractivity contribution in [3.63, 3.8) is 0 Å². The molecule has 0 saturated carbocycles. The Labute approximate surface area is 249 Å². The predicted molar refractivity (Wildman–Crippen MR) is 163 cm³/mol. The van der Waals surface area contributed by atoms with Crippen LogP contribution in [-0.4, -0.2) is 60.5 Å². The lowest BCUT2D eigenvalue weighted by atomic mass is 9.87. The topological polar surface area (TPSA) is 115 Å². The van der Waals surface area contributed by atoms with Gasteiger partial charge in [-0.3, -0.25) is 4.79 Å². The number of anilines is 1. The number of carbonyl (C=O) groups is 1. The smallest absolute Gasteiger partial charge is 0.255 e. The molecule has 0 unspecified atom stereocenters. The van der Waals surface area contributed by atoms with Crippen molar-refractivity contribution in [1.29, 1.82) is 0 Å². The normalized spacial score (nSPS) is 20.9. The van der Waals surface area contributed by atoms with Gasteiger partial charge in [0.2, 0.25) is 10.0 Å². The summed E-state index contributed by atoms with van der Waals surface area (Å²) >= 11 is 0. The van der Waals surface area contributed by atoms with Crippen LogP contribution < -0.4 is 15.4 Å². The number of benzene rings is 3. The van der Waals surface area contributed by atoms with Crippen LogP contribution in [0.25, 0.3) is 0 Å². The highest BCUT2D eigenvalue weighted by molar-refractivity contribution is 7.89. The van der Waals surface area contributed by atoms with E-state index in [1.54, 1.807) is 57.7 Å². The molecule has 1 aliphatic rings. The number of amides is 1. The van der Waals surface area contributed by atoms with Gasteiger partial charge in [-0.1, -0.05) is 57.2 Å². The van der Waals surface area contributed by atoms with Gasteiger partial charge >= 0.3 is 0 Å². The van der Waals surface area contributed by atoms with Crippen LogP contribution in [0.3, 0.4) is 0 Å². The van der Waals surface area contributed by atoms with E-state index in [9.17, 15) is 13.2 Å². The standard InChI is InChI=1S/C32H41N3O6S/c1-32(2,3)24-13-17-26(18-14-24)42(37,38)33-19-21-7-9-23(10-8-21)31(36)34-25-15-11-22(12-16-25)28-30(41-6)29(40-5)27(35-28)20-39-4/h7-18,27-30,33,35H,19-20H2,1-6H3,(H,34,36)/t27-,28+,29-,30+/m1/s1. The largest absolute Gasteiger partial charge is 0.383 e. The van der Waals surface area contributed by atoms with Crippen molar-refractivity contribution in [2.45, 2.75) is 61.9 Å². The van der Waals surface area contributed by atoms with Gasteiger partial charge in [0, 0.05) is 39.1 Å². The van der Waals surface area contributed by atoms with Crippen LogP contribution in [0.2, 0.25) is 0 Å². The molecule has 1 fully saturated rings. The number of methoxy groups -OCH3 is 3. The van der Waals surface area contributed by atoms with E-state index in [0.717, 1.165) is 16.7 Å². The van der Waals surface area contributed by atoms with Crippen LogP contribution in [0.5, 0.6) is 0 Å². The van der Waals surface area contributed by atoms with Crippen LogP contribution in [0, 0.1) is 0 Å². The van der Waals surface area contributed by atoms with E-state index in [4.69, 9.17) is 14.2 Å². The van der Waals surface area contributed by atoms with E-state index >= 15 is 0 Å². The fraction of sp³-hybridized carbons (Fsp3) is 0.406. The van der Waals surface area contributed by atoms with Crippen LogP contribution in [0.1, 0.15) is 53.9 Å². The molecule has 4 rings (SSSR count). The highest BCUT2D eigenvalue weighted by Gasteiger charge is 2.44. The maximum Gasteiger partial charge on any atom is 0.255 e. The van der Waals surface area contributed by atoms with Crippen molar-refractivity contribution in [1.82, 2.24) is 10.0 Å². The summed E-state index contributed by atoms with van der Waals surface area (Å²) in [6, 6.07) is 21.3. The first-order chi connectivity index (χ1) is 20.0. The third kappa shape index (κ3) is 7.44. The number of ether oxygens (including phenoxy) is 3. The van der Waals surface area contributed by atoms with Gasteiger partial charge in [0.05, 0.1) is 23.6 Å². The van der Waals surface area contributed by atoms with Gasteiger partial charge in [0.25, 0.3) is 5.91 Å². The second-order valence-corrected chi connectivity index (χ2v) is 13.2. The first-order valence-electron chi connectivity index (χ1n) is 13.9. The fourth-order valence-electron chi connectivity index (χ4n) is 5.16. The molecule has 0 bridgehead atoms. The van der Waals surface area contributed by atoms with Crippen LogP contribution in [-0.2, 0) is 36.2 Å². The van der Waals surface area contributed by atoms with Gasteiger partial charge in [-0.15, -0.1) is 0 Å². The minimum atomic E-state index is -3.67. The second kappa shape index (κ2) is 13.5. The van der Waals surface area contributed by atoms with Crippen molar-refractivity contribution < 1.29 is 27.4 Å². The van der Waals surface area contributed by atoms with Gasteiger partial charge in [-0.05, 0) is 58.5 Å². The van der Waals surface area contributed by atoms with Gasteiger partial charge in [-0.25, -0.2) is 13.1 Å². The minimum Gasteiger partial charge on any atom is -0.383 e. The Kier molecular flexibility index (Phi) is 10.2. The number of sulfonamides is 1. The summed E-state index contributed by atoms with van der Waals surface area (Å²) in [6.07, 6.45) is -0.342. The Morgan fingerprint density at radius 1 is 0.857 bits per heavy atom. The van der Waals surface area contributed by atoms with Crippen molar-refractivity contribution in [2.24, 2.45) is 0 Å². The number of hydrogen-bond acceptors (Lipinski definition) is 7. The van der Waals surface area contributed by atoms with Crippen molar-refractivity contribution >= 4 is 21.6 Å². The summed E-state index contributed by atoms with van der Waals surface area (Å²) in [5.74, 6) is -0.262. The molecule has 9 nitrogen and oxygen atoms in total. The summed E-state index contributed by atoms with van der Waals surface area (Å²) in [5, 5.41) is 6.45. The number of rotatable bonds is 11. The summed E-state index contributed by atoms with van der Waals surface area (Å²) in [4.78, 5) is 13.1. The molecular formula is C32H41N3O6S. The average molecular weight is 596 g/mol. The Bertz CT molecular complexity index is 1440. The maximum absolute atomic E-state index is 12.9. The highest BCUT2D eigenvalue weighted by Crippen LogP contribution is 2.32. The average Bonchev–Trinajstić information content (AvgIpc) is 3.33. The molecule has 4 atom stereocenters. The van der Waals surface area contributed by atoms with Gasteiger partial charge in [0.15, 0.2) is 0 Å². The highest BCUT2D eigenvalue weighted by atomic mass is 32.2. The number of hydrogen-bond donors (Lipinski definition) is 3. The van der Waals surface area contributed by atoms with Gasteiger partial charge in [-0.2, -0.15) is 0 Å². The number of carbonyl (C=O) groups excluding carboxylic acids is 1. The van der Waals surface area contributed by atoms with Crippen molar-refractivity contribution in [2.75, 3.05) is 33.3 Å². The molecular weight excluding hydrogens is 554 g/mol. The molecule has 0 spiro atoms. The third-order valence-electron chi connectivity index (χ3n) is 7.57. The molecule has 0 radical (unpaired) electrons. The van der Waals surface area contributed by atoms with E-state index in [2.05, 4.69) is 36.1 Å². The Morgan fingerprint density at radius 2 is 1.48 bits per heavy atom. The zero-order chi connectivity index (χ0) is 30.5. The van der Waals surface area contributed by atoms with Crippen LogP contribution in [0.4, 0.5) is 5.69 Å². The van der Waals surface area contributed by atoms with E-state index < -0.39 is 10.0 Å². The second-order valence-electron chi connectivity index (χ2n) is 11.5. The summed E-state index contributed by atoms with van der Waals surface area (Å²) < 4.78 is 44.9. The summed E-state index contributed by atoms with van der Waals surface area (Å²) in [5.41, 5.74) is 3.87. The Balaban J connectivity index is 1.34. The van der Waals surface area contributed by atoms with Crippen molar-refractivity contribution in [3.05, 3.63) is 95.1 Å². The lowest BCUT2D eigenvalue weighted by molar-refractivity contribution is -0.0360. The molecule has 0 aliphatic carbocycles. The Hall–Kier alpha value is -3.12. The molecule has 0 aromatic heterocycles. The predicted octanol–water partition coefficient (Wildman–Crippen LogP) is 4.40. The van der Waals surface area contributed by atoms with Crippen molar-refractivity contribution in [3.8, 4) is 0 Å². The molecule has 1 aliphatic heterocycles. The lowest BCUT2D eigenvalue weighted by Crippen LogP contribution is -2.38. The zero-order valence-electron chi connectivity index (χ0n) is 25.0. The minimum absolute atomic E-state index is 0.00686. The SMILES string of the molecule is COC[C@H]1N[C@@H](c2ccc(NC(=O)c3ccc(CNS(=O)(=O)c4ccc(C(C)(C)C)cc4)cc3)cc2)[C@H](OC)[C@@H]1OC.